The van der Waals surface area contributed by atoms with E-state index in [2.05, 4.69) is 4.98 Å². The van der Waals surface area contributed by atoms with Crippen LogP contribution in [0, 0.1) is 0 Å². The van der Waals surface area contributed by atoms with Gasteiger partial charge in [0.05, 0.1) is 0 Å². The SMILES string of the molecule is NC(=O)[C@@H]1CN(C(=O)c2ccncc2)CCN1Cc1ccccc1. The molecule has 1 atom stereocenters. The Morgan fingerprint density at radius 3 is 2.46 bits per heavy atom. The molecule has 1 fully saturated rings. The normalized spacial score (nSPS) is 18.3. The molecule has 3 rings (SSSR count). The van der Waals surface area contributed by atoms with Crippen LogP contribution < -0.4 is 5.73 Å². The summed E-state index contributed by atoms with van der Waals surface area (Å²) in [5.74, 6) is -0.499. The lowest BCUT2D eigenvalue weighted by Gasteiger charge is -2.40. The molecule has 2 aromatic rings. The zero-order valence-electron chi connectivity index (χ0n) is 13.3. The van der Waals surface area contributed by atoms with Gasteiger partial charge >= 0.3 is 0 Å². The lowest BCUT2D eigenvalue weighted by molar-refractivity contribution is -0.125. The molecule has 6 heteroatoms. The first-order chi connectivity index (χ1) is 11.6. The van der Waals surface area contributed by atoms with Gasteiger partial charge in [-0.2, -0.15) is 0 Å². The molecular formula is C18H20N4O2. The Bertz CT molecular complexity index is 705. The highest BCUT2D eigenvalue weighted by Gasteiger charge is 2.33. The second-order valence-electron chi connectivity index (χ2n) is 5.86. The van der Waals surface area contributed by atoms with Crippen molar-refractivity contribution in [3.8, 4) is 0 Å². The van der Waals surface area contributed by atoms with Crippen LogP contribution in [-0.4, -0.2) is 52.3 Å². The molecular weight excluding hydrogens is 304 g/mol. The van der Waals surface area contributed by atoms with Crippen LogP contribution in [0.3, 0.4) is 0 Å². The van der Waals surface area contributed by atoms with E-state index >= 15 is 0 Å². The number of nitrogens with two attached hydrogens (primary N) is 1. The third-order valence-corrected chi connectivity index (χ3v) is 4.26. The summed E-state index contributed by atoms with van der Waals surface area (Å²) in [6, 6.07) is 12.8. The first-order valence-electron chi connectivity index (χ1n) is 7.92. The number of piperazine rings is 1. The van der Waals surface area contributed by atoms with Crippen molar-refractivity contribution in [2.75, 3.05) is 19.6 Å². The van der Waals surface area contributed by atoms with Crippen LogP contribution in [0.2, 0.25) is 0 Å². The van der Waals surface area contributed by atoms with Crippen molar-refractivity contribution in [1.82, 2.24) is 14.8 Å². The predicted molar refractivity (Wildman–Crippen MR) is 90.0 cm³/mol. The van der Waals surface area contributed by atoms with Crippen molar-refractivity contribution in [3.05, 3.63) is 66.0 Å². The number of carbonyl (C=O) groups excluding carboxylic acids is 2. The summed E-state index contributed by atoms with van der Waals surface area (Å²) >= 11 is 0. The molecule has 2 heterocycles. The molecule has 0 saturated carbocycles. The van der Waals surface area contributed by atoms with Gasteiger partial charge in [-0.3, -0.25) is 19.5 Å². The highest BCUT2D eigenvalue weighted by Crippen LogP contribution is 2.16. The zero-order valence-corrected chi connectivity index (χ0v) is 13.3. The molecule has 1 aromatic heterocycles. The molecule has 1 aliphatic heterocycles. The Morgan fingerprint density at radius 1 is 1.08 bits per heavy atom. The Labute approximate surface area is 140 Å². The van der Waals surface area contributed by atoms with Crippen LogP contribution >= 0.6 is 0 Å². The number of hydrogen-bond acceptors (Lipinski definition) is 4. The molecule has 0 radical (unpaired) electrons. The largest absolute Gasteiger partial charge is 0.368 e. The second-order valence-corrected chi connectivity index (χ2v) is 5.86. The number of amides is 2. The number of nitrogens with zero attached hydrogens (tertiary/aromatic N) is 3. The Hall–Kier alpha value is -2.73. The lowest BCUT2D eigenvalue weighted by Crippen LogP contribution is -2.58. The first kappa shape index (κ1) is 16.1. The van der Waals surface area contributed by atoms with Gasteiger partial charge in [0.25, 0.3) is 5.91 Å². The van der Waals surface area contributed by atoms with Crippen molar-refractivity contribution >= 4 is 11.8 Å². The van der Waals surface area contributed by atoms with E-state index in [4.69, 9.17) is 5.73 Å². The molecule has 0 unspecified atom stereocenters. The summed E-state index contributed by atoms with van der Waals surface area (Å²) < 4.78 is 0. The van der Waals surface area contributed by atoms with Crippen LogP contribution in [0.25, 0.3) is 0 Å². The van der Waals surface area contributed by atoms with Crippen LogP contribution in [0.1, 0.15) is 15.9 Å². The van der Waals surface area contributed by atoms with Crippen LogP contribution in [-0.2, 0) is 11.3 Å². The lowest BCUT2D eigenvalue weighted by atomic mass is 10.1. The second kappa shape index (κ2) is 7.23. The summed E-state index contributed by atoms with van der Waals surface area (Å²) in [7, 11) is 0. The molecule has 24 heavy (non-hydrogen) atoms. The van der Waals surface area contributed by atoms with Crippen molar-refractivity contribution in [3.63, 3.8) is 0 Å². The highest BCUT2D eigenvalue weighted by molar-refractivity contribution is 5.94. The van der Waals surface area contributed by atoms with Gasteiger partial charge in [-0.25, -0.2) is 0 Å². The number of pyridine rings is 1. The van der Waals surface area contributed by atoms with E-state index in [0.29, 0.717) is 31.7 Å². The van der Waals surface area contributed by atoms with Crippen molar-refractivity contribution in [2.24, 2.45) is 5.73 Å². The van der Waals surface area contributed by atoms with Gasteiger partial charge in [-0.1, -0.05) is 30.3 Å². The number of carbonyl (C=O) groups is 2. The van der Waals surface area contributed by atoms with E-state index in [1.807, 2.05) is 35.2 Å². The fourth-order valence-corrected chi connectivity index (χ4v) is 2.96. The van der Waals surface area contributed by atoms with Gasteiger partial charge < -0.3 is 10.6 Å². The summed E-state index contributed by atoms with van der Waals surface area (Å²) in [5.41, 5.74) is 7.28. The highest BCUT2D eigenvalue weighted by atomic mass is 16.2. The minimum absolute atomic E-state index is 0.0944. The maximum Gasteiger partial charge on any atom is 0.254 e. The quantitative estimate of drug-likeness (QED) is 0.906. The molecule has 2 N–H and O–H groups in total. The standard InChI is InChI=1S/C18H20N4O2/c19-17(23)16-13-22(18(24)15-6-8-20-9-7-15)11-10-21(16)12-14-4-2-1-3-5-14/h1-9,16H,10-13H2,(H2,19,23)/t16-/m0/s1. The van der Waals surface area contributed by atoms with E-state index in [1.54, 1.807) is 29.4 Å². The van der Waals surface area contributed by atoms with Crippen molar-refractivity contribution in [2.45, 2.75) is 12.6 Å². The predicted octanol–water partition coefficient (Wildman–Crippen LogP) is 0.894. The number of rotatable bonds is 4. The Morgan fingerprint density at radius 2 is 1.79 bits per heavy atom. The average Bonchev–Trinajstić information content (AvgIpc) is 2.63. The third-order valence-electron chi connectivity index (χ3n) is 4.26. The van der Waals surface area contributed by atoms with E-state index < -0.39 is 11.9 Å². The van der Waals surface area contributed by atoms with Crippen LogP contribution in [0.15, 0.2) is 54.9 Å². The fourth-order valence-electron chi connectivity index (χ4n) is 2.96. The molecule has 1 aromatic carbocycles. The average molecular weight is 324 g/mol. The molecule has 0 aliphatic carbocycles. The van der Waals surface area contributed by atoms with E-state index in [1.165, 1.54) is 0 Å². The molecule has 0 bridgehead atoms. The summed E-state index contributed by atoms with van der Waals surface area (Å²) in [5, 5.41) is 0. The smallest absolute Gasteiger partial charge is 0.254 e. The fraction of sp³-hybridized carbons (Fsp3) is 0.278. The summed E-state index contributed by atoms with van der Waals surface area (Å²) in [6.07, 6.45) is 3.18. The van der Waals surface area contributed by atoms with Gasteiger partial charge in [0.15, 0.2) is 0 Å². The molecule has 124 valence electrons. The number of aromatic nitrogens is 1. The number of benzene rings is 1. The van der Waals surface area contributed by atoms with Crippen LogP contribution in [0.5, 0.6) is 0 Å². The monoisotopic (exact) mass is 324 g/mol. The molecule has 6 nitrogen and oxygen atoms in total. The number of primary amides is 1. The van der Waals surface area contributed by atoms with Crippen molar-refractivity contribution in [1.29, 1.82) is 0 Å². The van der Waals surface area contributed by atoms with Gasteiger partial charge in [-0.05, 0) is 17.7 Å². The molecule has 2 amide bonds. The molecule has 0 spiro atoms. The maximum absolute atomic E-state index is 12.6. The summed E-state index contributed by atoms with van der Waals surface area (Å²) in [4.78, 5) is 32.1. The van der Waals surface area contributed by atoms with Gasteiger partial charge in [0.2, 0.25) is 5.91 Å². The minimum atomic E-state index is -0.482. The van der Waals surface area contributed by atoms with E-state index in [0.717, 1.165) is 5.56 Å². The summed E-state index contributed by atoms with van der Waals surface area (Å²) in [6.45, 7) is 2.13. The minimum Gasteiger partial charge on any atom is -0.368 e. The zero-order chi connectivity index (χ0) is 16.9. The molecule has 1 aliphatic rings. The van der Waals surface area contributed by atoms with E-state index in [-0.39, 0.29) is 5.91 Å². The first-order valence-corrected chi connectivity index (χ1v) is 7.92. The van der Waals surface area contributed by atoms with Crippen molar-refractivity contribution < 1.29 is 9.59 Å². The Kier molecular flexibility index (Phi) is 4.86. The van der Waals surface area contributed by atoms with Gasteiger partial charge in [-0.15, -0.1) is 0 Å². The van der Waals surface area contributed by atoms with E-state index in [9.17, 15) is 9.59 Å². The van der Waals surface area contributed by atoms with Gasteiger partial charge in [0, 0.05) is 44.1 Å². The maximum atomic E-state index is 12.6. The molecule has 1 saturated heterocycles. The third kappa shape index (κ3) is 3.60. The number of hydrogen-bond donors (Lipinski definition) is 1. The van der Waals surface area contributed by atoms with Gasteiger partial charge in [0.1, 0.15) is 6.04 Å². The van der Waals surface area contributed by atoms with Crippen LogP contribution in [0.4, 0.5) is 0 Å². The Balaban J connectivity index is 1.71. The topological polar surface area (TPSA) is 79.5 Å².